The number of ether oxygens (including phenoxy) is 1. The topological polar surface area (TPSA) is 95.9 Å². The maximum atomic E-state index is 13.1. The first-order valence-electron chi connectivity index (χ1n) is 22.6. The van der Waals surface area contributed by atoms with Gasteiger partial charge >= 0.3 is 5.97 Å². The van der Waals surface area contributed by atoms with Crippen LogP contribution >= 0.6 is 0 Å². The molecule has 54 heavy (non-hydrogen) atoms. The van der Waals surface area contributed by atoms with Crippen LogP contribution in [0.25, 0.3) is 0 Å². The quantitative estimate of drug-likeness (QED) is 0.0330. The highest BCUT2D eigenvalue weighted by atomic mass is 16.5. The third-order valence-electron chi connectivity index (χ3n) is 9.99. The van der Waals surface area contributed by atoms with Crippen molar-refractivity contribution >= 4 is 11.9 Å². The summed E-state index contributed by atoms with van der Waals surface area (Å²) in [6.45, 7) is 6.29. The predicted molar refractivity (Wildman–Crippen MR) is 232 cm³/mol. The second kappa shape index (κ2) is 41.7. The number of hydrogen-bond donors (Lipinski definition) is 3. The summed E-state index contributed by atoms with van der Waals surface area (Å²) in [7, 11) is 0. The molecule has 0 aromatic heterocycles. The van der Waals surface area contributed by atoms with Gasteiger partial charge in [0.1, 0.15) is 6.10 Å². The minimum absolute atomic E-state index is 0.0599. The highest BCUT2D eigenvalue weighted by Crippen LogP contribution is 2.17. The van der Waals surface area contributed by atoms with E-state index in [-0.39, 0.29) is 24.9 Å². The fourth-order valence-corrected chi connectivity index (χ4v) is 6.57. The lowest BCUT2D eigenvalue weighted by Crippen LogP contribution is -2.46. The fraction of sp³-hybridized carbons (Fsp3) is 0.750. The molecular formula is C48H85NO5. The van der Waals surface area contributed by atoms with Crippen molar-refractivity contribution < 1.29 is 24.5 Å². The summed E-state index contributed by atoms with van der Waals surface area (Å²) in [4.78, 5) is 25.9. The molecule has 312 valence electrons. The Bertz CT molecular complexity index is 984. The van der Waals surface area contributed by atoms with Crippen LogP contribution in [0, 0.1) is 0 Å². The van der Waals surface area contributed by atoms with E-state index in [1.807, 2.05) is 42.5 Å². The summed E-state index contributed by atoms with van der Waals surface area (Å²) < 4.78 is 5.87. The van der Waals surface area contributed by atoms with Gasteiger partial charge in [0.05, 0.1) is 25.2 Å². The van der Waals surface area contributed by atoms with Crippen LogP contribution in [0.1, 0.15) is 207 Å². The van der Waals surface area contributed by atoms with E-state index in [0.29, 0.717) is 19.3 Å². The Morgan fingerprint density at radius 1 is 0.556 bits per heavy atom. The molecule has 0 aliphatic carbocycles. The molecule has 0 fully saturated rings. The summed E-state index contributed by atoms with van der Waals surface area (Å²) in [6.07, 6.45) is 49.9. The molecular weight excluding hydrogens is 671 g/mol. The first kappa shape index (κ1) is 51.6. The molecule has 0 heterocycles. The van der Waals surface area contributed by atoms with Gasteiger partial charge in [-0.2, -0.15) is 0 Å². The van der Waals surface area contributed by atoms with Crippen LogP contribution in [0.5, 0.6) is 0 Å². The zero-order valence-electron chi connectivity index (χ0n) is 35.3. The molecule has 1 amide bonds. The summed E-state index contributed by atoms with van der Waals surface area (Å²) >= 11 is 0. The van der Waals surface area contributed by atoms with Gasteiger partial charge in [0.2, 0.25) is 5.91 Å². The van der Waals surface area contributed by atoms with Gasteiger partial charge in [-0.1, -0.05) is 210 Å². The highest BCUT2D eigenvalue weighted by Gasteiger charge is 2.24. The number of rotatable bonds is 39. The van der Waals surface area contributed by atoms with E-state index in [9.17, 15) is 19.8 Å². The van der Waals surface area contributed by atoms with Crippen LogP contribution in [-0.2, 0) is 14.3 Å². The average Bonchev–Trinajstić information content (AvgIpc) is 3.16. The van der Waals surface area contributed by atoms with Gasteiger partial charge in [-0.25, -0.2) is 0 Å². The Kier molecular flexibility index (Phi) is 39.8. The van der Waals surface area contributed by atoms with Crippen molar-refractivity contribution in [3.8, 4) is 0 Å². The lowest BCUT2D eigenvalue weighted by molar-refractivity contribution is -0.151. The third-order valence-corrected chi connectivity index (χ3v) is 9.99. The molecule has 3 N–H and O–H groups in total. The Balaban J connectivity index is 4.65. The Hall–Kier alpha value is -2.44. The molecule has 6 heteroatoms. The predicted octanol–water partition coefficient (Wildman–Crippen LogP) is 12.9. The smallest absolute Gasteiger partial charge is 0.306 e. The monoisotopic (exact) mass is 756 g/mol. The molecule has 0 aliphatic rings. The van der Waals surface area contributed by atoms with Gasteiger partial charge in [-0.3, -0.25) is 9.59 Å². The Morgan fingerprint density at radius 2 is 1.00 bits per heavy atom. The maximum absolute atomic E-state index is 13.1. The molecule has 0 aromatic carbocycles. The fourth-order valence-electron chi connectivity index (χ4n) is 6.57. The highest BCUT2D eigenvalue weighted by molar-refractivity contribution is 5.77. The van der Waals surface area contributed by atoms with Crippen LogP contribution in [0.3, 0.4) is 0 Å². The number of allylic oxidation sites excluding steroid dienone is 10. The number of aliphatic hydroxyl groups is 2. The van der Waals surface area contributed by atoms with Gasteiger partial charge in [0, 0.05) is 6.42 Å². The first-order valence-corrected chi connectivity index (χ1v) is 22.6. The zero-order valence-corrected chi connectivity index (χ0v) is 35.3. The van der Waals surface area contributed by atoms with Crippen LogP contribution in [0.2, 0.25) is 0 Å². The van der Waals surface area contributed by atoms with Gasteiger partial charge in [-0.05, 0) is 44.9 Å². The zero-order chi connectivity index (χ0) is 39.6. The summed E-state index contributed by atoms with van der Waals surface area (Å²) in [6, 6.07) is -0.708. The second-order valence-corrected chi connectivity index (χ2v) is 15.2. The molecule has 6 nitrogen and oxygen atoms in total. The number of esters is 1. The van der Waals surface area contributed by atoms with Crippen molar-refractivity contribution in [2.75, 3.05) is 6.61 Å². The molecule has 0 rings (SSSR count). The van der Waals surface area contributed by atoms with E-state index in [0.717, 1.165) is 70.6 Å². The number of carbonyl (C=O) groups excluding carboxylic acids is 2. The lowest BCUT2D eigenvalue weighted by Gasteiger charge is -2.24. The van der Waals surface area contributed by atoms with Crippen molar-refractivity contribution in [2.24, 2.45) is 0 Å². The number of amides is 1. The van der Waals surface area contributed by atoms with Gasteiger partial charge in [0.25, 0.3) is 0 Å². The summed E-state index contributed by atoms with van der Waals surface area (Å²) in [5.74, 6) is -0.526. The number of aliphatic hydroxyl groups excluding tert-OH is 2. The van der Waals surface area contributed by atoms with E-state index in [1.54, 1.807) is 0 Å². The molecule has 0 aliphatic heterocycles. The molecule has 0 saturated heterocycles. The van der Waals surface area contributed by atoms with Crippen LogP contribution in [-0.4, -0.2) is 46.9 Å². The van der Waals surface area contributed by atoms with Crippen molar-refractivity contribution in [1.82, 2.24) is 5.32 Å². The van der Waals surface area contributed by atoms with E-state index >= 15 is 0 Å². The van der Waals surface area contributed by atoms with E-state index in [2.05, 4.69) is 44.3 Å². The second-order valence-electron chi connectivity index (χ2n) is 15.2. The molecule has 0 aromatic rings. The first-order chi connectivity index (χ1) is 26.5. The van der Waals surface area contributed by atoms with Crippen LogP contribution in [0.4, 0.5) is 0 Å². The normalized spacial score (nSPS) is 13.9. The largest absolute Gasteiger partial charge is 0.462 e. The van der Waals surface area contributed by atoms with E-state index in [1.165, 1.54) is 89.9 Å². The van der Waals surface area contributed by atoms with Gasteiger partial charge in [-0.15, -0.1) is 0 Å². The average molecular weight is 756 g/mol. The van der Waals surface area contributed by atoms with Crippen molar-refractivity contribution in [3.05, 3.63) is 60.8 Å². The summed E-state index contributed by atoms with van der Waals surface area (Å²) in [5, 5.41) is 23.6. The SMILES string of the molecule is CC/C=C/C=C/C=C\C=C/C=C/CCCCCC(=O)OC(CCCCCCCCCCCC)CC(=O)NC(CO)C(O)CCCCCCCCCCCC. The van der Waals surface area contributed by atoms with Crippen LogP contribution < -0.4 is 5.32 Å². The van der Waals surface area contributed by atoms with Gasteiger partial charge < -0.3 is 20.3 Å². The number of carbonyl (C=O) groups is 2. The Labute approximate surface area is 333 Å². The van der Waals surface area contributed by atoms with Crippen molar-refractivity contribution in [3.63, 3.8) is 0 Å². The van der Waals surface area contributed by atoms with Crippen LogP contribution in [0.15, 0.2) is 60.8 Å². The van der Waals surface area contributed by atoms with Gasteiger partial charge in [0.15, 0.2) is 0 Å². The summed E-state index contributed by atoms with van der Waals surface area (Å²) in [5.41, 5.74) is 0. The molecule has 0 bridgehead atoms. The minimum atomic E-state index is -0.793. The van der Waals surface area contributed by atoms with E-state index in [4.69, 9.17) is 4.74 Å². The molecule has 0 saturated carbocycles. The molecule has 0 radical (unpaired) electrons. The minimum Gasteiger partial charge on any atom is -0.462 e. The maximum Gasteiger partial charge on any atom is 0.306 e. The standard InChI is InChI=1S/C48H85NO5/c1-4-7-10-13-16-19-22-23-24-25-26-29-32-35-38-41-48(53)54-44(39-36-33-30-27-20-17-14-11-8-5-2)42-47(52)49-45(43-50)46(51)40-37-34-31-28-21-18-15-12-9-6-3/h7,10,13,16,19,22-26,44-46,50-51H,4-6,8-9,11-12,14-15,17-18,20-21,27-43H2,1-3H3,(H,49,52)/b10-7+,16-13+,22-19-,24-23-,26-25+. The van der Waals surface area contributed by atoms with E-state index < -0.39 is 18.2 Å². The molecule has 3 atom stereocenters. The third kappa shape index (κ3) is 36.5. The number of hydrogen-bond acceptors (Lipinski definition) is 5. The lowest BCUT2D eigenvalue weighted by atomic mass is 10.0. The molecule has 0 spiro atoms. The van der Waals surface area contributed by atoms with Crippen molar-refractivity contribution in [2.45, 2.75) is 225 Å². The number of unbranched alkanes of at least 4 members (excludes halogenated alkanes) is 21. The Morgan fingerprint density at radius 3 is 1.50 bits per heavy atom. The van der Waals surface area contributed by atoms with Crippen molar-refractivity contribution in [1.29, 1.82) is 0 Å². The molecule has 3 unspecified atom stereocenters. The number of nitrogens with one attached hydrogen (secondary N) is 1.